The van der Waals surface area contributed by atoms with Gasteiger partial charge in [-0.1, -0.05) is 0 Å². The molecule has 1 fully saturated rings. The lowest BCUT2D eigenvalue weighted by atomic mass is 10.1. The Hall–Kier alpha value is -1.43. The van der Waals surface area contributed by atoms with Crippen LogP contribution in [-0.4, -0.2) is 27.1 Å². The second kappa shape index (κ2) is 4.39. The van der Waals surface area contributed by atoms with Gasteiger partial charge in [0, 0.05) is 12.5 Å². The molecule has 1 aliphatic carbocycles. The summed E-state index contributed by atoms with van der Waals surface area (Å²) in [7, 11) is 0. The first-order valence-electron chi connectivity index (χ1n) is 5.12. The second-order valence-corrected chi connectivity index (χ2v) is 3.91. The highest BCUT2D eigenvalue weighted by Crippen LogP contribution is 2.32. The van der Waals surface area contributed by atoms with E-state index < -0.39 is 0 Å². The minimum Gasteiger partial charge on any atom is -0.349 e. The zero-order chi connectivity index (χ0) is 10.7. The maximum absolute atomic E-state index is 11.4. The highest BCUT2D eigenvalue weighted by molar-refractivity contribution is 5.76. The molecule has 0 aromatic carbocycles. The summed E-state index contributed by atoms with van der Waals surface area (Å²) in [6.45, 7) is 0.385. The van der Waals surface area contributed by atoms with Crippen LogP contribution in [-0.2, 0) is 11.3 Å². The highest BCUT2D eigenvalue weighted by atomic mass is 16.1. The van der Waals surface area contributed by atoms with Gasteiger partial charge < -0.3 is 11.1 Å². The number of amides is 1. The lowest BCUT2D eigenvalue weighted by molar-refractivity contribution is -0.121. The third-order valence-electron chi connectivity index (χ3n) is 2.57. The van der Waals surface area contributed by atoms with Gasteiger partial charge in [-0.2, -0.15) is 5.10 Å². The predicted octanol–water partition coefficient (Wildman–Crippen LogP) is -0.452. The van der Waals surface area contributed by atoms with Gasteiger partial charge in [-0.15, -0.1) is 0 Å². The van der Waals surface area contributed by atoms with E-state index >= 15 is 0 Å². The standard InChI is InChI=1S/C9H15N5O/c10-7(6-1-2-6)3-9(15)11-4-8-12-5-13-14-8/h5-7H,1-4,10H2,(H,11,15)(H,12,13,14). The molecule has 1 aromatic heterocycles. The van der Waals surface area contributed by atoms with E-state index in [0.717, 1.165) is 12.8 Å². The summed E-state index contributed by atoms with van der Waals surface area (Å²) in [6, 6.07) is 0.0136. The van der Waals surface area contributed by atoms with Crippen LogP contribution in [0.5, 0.6) is 0 Å². The zero-order valence-corrected chi connectivity index (χ0v) is 8.44. The average molecular weight is 209 g/mol. The van der Waals surface area contributed by atoms with Crippen LogP contribution in [0.25, 0.3) is 0 Å². The van der Waals surface area contributed by atoms with E-state index in [-0.39, 0.29) is 11.9 Å². The van der Waals surface area contributed by atoms with Gasteiger partial charge in [0.1, 0.15) is 12.2 Å². The van der Waals surface area contributed by atoms with Gasteiger partial charge in [-0.05, 0) is 18.8 Å². The van der Waals surface area contributed by atoms with Crippen LogP contribution in [0.4, 0.5) is 0 Å². The van der Waals surface area contributed by atoms with Gasteiger partial charge in [0.15, 0.2) is 0 Å². The molecule has 1 amide bonds. The molecule has 1 aliphatic rings. The van der Waals surface area contributed by atoms with E-state index in [4.69, 9.17) is 5.73 Å². The summed E-state index contributed by atoms with van der Waals surface area (Å²) in [5, 5.41) is 9.11. The Morgan fingerprint density at radius 3 is 3.13 bits per heavy atom. The van der Waals surface area contributed by atoms with Crippen LogP contribution in [0.1, 0.15) is 25.1 Å². The van der Waals surface area contributed by atoms with E-state index in [1.807, 2.05) is 0 Å². The van der Waals surface area contributed by atoms with Crippen LogP contribution >= 0.6 is 0 Å². The maximum Gasteiger partial charge on any atom is 0.221 e. The van der Waals surface area contributed by atoms with Crippen molar-refractivity contribution in [2.75, 3.05) is 0 Å². The van der Waals surface area contributed by atoms with Crippen molar-refractivity contribution in [1.29, 1.82) is 0 Å². The molecule has 82 valence electrons. The second-order valence-electron chi connectivity index (χ2n) is 3.91. The quantitative estimate of drug-likeness (QED) is 0.611. The number of hydrogen-bond donors (Lipinski definition) is 3. The van der Waals surface area contributed by atoms with Crippen LogP contribution in [0.15, 0.2) is 6.33 Å². The number of aromatic nitrogens is 3. The largest absolute Gasteiger partial charge is 0.349 e. The normalized spacial score (nSPS) is 17.4. The number of carbonyl (C=O) groups excluding carboxylic acids is 1. The Labute approximate surface area is 87.6 Å². The minimum absolute atomic E-state index is 0.0136. The molecule has 1 aromatic rings. The molecule has 1 unspecified atom stereocenters. The highest BCUT2D eigenvalue weighted by Gasteiger charge is 2.29. The summed E-state index contributed by atoms with van der Waals surface area (Å²) >= 11 is 0. The first-order valence-corrected chi connectivity index (χ1v) is 5.12. The molecule has 1 saturated carbocycles. The molecule has 0 radical (unpaired) electrons. The van der Waals surface area contributed by atoms with Crippen molar-refractivity contribution in [1.82, 2.24) is 20.5 Å². The minimum atomic E-state index is -0.0224. The molecule has 1 heterocycles. The van der Waals surface area contributed by atoms with E-state index in [2.05, 4.69) is 20.5 Å². The number of rotatable bonds is 5. The fourth-order valence-corrected chi connectivity index (χ4v) is 1.48. The number of aromatic amines is 1. The molecule has 0 aliphatic heterocycles. The fraction of sp³-hybridized carbons (Fsp3) is 0.667. The first-order chi connectivity index (χ1) is 7.25. The fourth-order valence-electron chi connectivity index (χ4n) is 1.48. The Bertz CT molecular complexity index is 319. The molecular formula is C9H15N5O. The Morgan fingerprint density at radius 2 is 2.53 bits per heavy atom. The molecule has 6 nitrogen and oxygen atoms in total. The van der Waals surface area contributed by atoms with Crippen molar-refractivity contribution in [2.24, 2.45) is 11.7 Å². The lowest BCUT2D eigenvalue weighted by Gasteiger charge is -2.09. The molecule has 0 saturated heterocycles. The van der Waals surface area contributed by atoms with Crippen LogP contribution in [0.2, 0.25) is 0 Å². The van der Waals surface area contributed by atoms with Crippen LogP contribution in [0.3, 0.4) is 0 Å². The molecule has 4 N–H and O–H groups in total. The van der Waals surface area contributed by atoms with Crippen molar-refractivity contribution in [3.05, 3.63) is 12.2 Å². The van der Waals surface area contributed by atoms with Gasteiger partial charge in [-0.25, -0.2) is 4.98 Å². The molecule has 15 heavy (non-hydrogen) atoms. The van der Waals surface area contributed by atoms with E-state index in [9.17, 15) is 4.79 Å². The third-order valence-corrected chi connectivity index (χ3v) is 2.57. The number of H-pyrrole nitrogens is 1. The molecule has 2 rings (SSSR count). The number of nitrogens with one attached hydrogen (secondary N) is 2. The molecule has 0 bridgehead atoms. The van der Waals surface area contributed by atoms with Crippen LogP contribution in [0, 0.1) is 5.92 Å². The van der Waals surface area contributed by atoms with Gasteiger partial charge in [-0.3, -0.25) is 9.89 Å². The van der Waals surface area contributed by atoms with Crippen molar-refractivity contribution in [3.63, 3.8) is 0 Å². The van der Waals surface area contributed by atoms with Gasteiger partial charge in [0.2, 0.25) is 5.91 Å². The first kappa shape index (κ1) is 10.1. The van der Waals surface area contributed by atoms with Gasteiger partial charge >= 0.3 is 0 Å². The van der Waals surface area contributed by atoms with E-state index in [0.29, 0.717) is 24.7 Å². The summed E-state index contributed by atoms with van der Waals surface area (Å²) in [5.74, 6) is 1.19. The van der Waals surface area contributed by atoms with Crippen molar-refractivity contribution >= 4 is 5.91 Å². The summed E-state index contributed by atoms with van der Waals surface area (Å²) < 4.78 is 0. The predicted molar refractivity (Wildman–Crippen MR) is 53.5 cm³/mol. The molecular weight excluding hydrogens is 194 g/mol. The Balaban J connectivity index is 1.68. The van der Waals surface area contributed by atoms with Gasteiger partial charge in [0.05, 0.1) is 6.54 Å². The topological polar surface area (TPSA) is 96.7 Å². The summed E-state index contributed by atoms with van der Waals surface area (Å²) in [6.07, 6.45) is 4.14. The molecule has 0 spiro atoms. The van der Waals surface area contributed by atoms with Crippen molar-refractivity contribution in [3.8, 4) is 0 Å². The number of nitrogens with two attached hydrogens (primary N) is 1. The lowest BCUT2D eigenvalue weighted by Crippen LogP contribution is -2.32. The van der Waals surface area contributed by atoms with Gasteiger partial charge in [0.25, 0.3) is 0 Å². The van der Waals surface area contributed by atoms with Crippen LogP contribution < -0.4 is 11.1 Å². The number of nitrogens with zero attached hydrogens (tertiary/aromatic N) is 2. The Morgan fingerprint density at radius 1 is 1.73 bits per heavy atom. The monoisotopic (exact) mass is 209 g/mol. The summed E-state index contributed by atoms with van der Waals surface area (Å²) in [4.78, 5) is 15.3. The van der Waals surface area contributed by atoms with E-state index in [1.165, 1.54) is 6.33 Å². The number of hydrogen-bond acceptors (Lipinski definition) is 4. The maximum atomic E-state index is 11.4. The van der Waals surface area contributed by atoms with E-state index in [1.54, 1.807) is 0 Å². The van der Waals surface area contributed by atoms with Crippen molar-refractivity contribution in [2.45, 2.75) is 31.8 Å². The molecule has 6 heteroatoms. The Kier molecular flexibility index (Phi) is 2.96. The average Bonchev–Trinajstić information content (AvgIpc) is 2.93. The van der Waals surface area contributed by atoms with Crippen molar-refractivity contribution < 1.29 is 4.79 Å². The molecule has 1 atom stereocenters. The summed E-state index contributed by atoms with van der Waals surface area (Å²) in [5.41, 5.74) is 5.83. The zero-order valence-electron chi connectivity index (χ0n) is 8.44. The third kappa shape index (κ3) is 3.02. The SMILES string of the molecule is NC(CC(=O)NCc1ncn[nH]1)C1CC1. The number of carbonyl (C=O) groups is 1. The smallest absolute Gasteiger partial charge is 0.221 e.